The number of hydrogen-bond acceptors (Lipinski definition) is 2. The van der Waals surface area contributed by atoms with Gasteiger partial charge in [0, 0.05) is 15.9 Å². The van der Waals surface area contributed by atoms with Crippen LogP contribution in [0, 0.1) is 0 Å². The minimum absolute atomic E-state index is 0. The molecule has 0 unspecified atom stereocenters. The van der Waals surface area contributed by atoms with Crippen molar-refractivity contribution >= 4 is 24.0 Å². The normalized spacial score (nSPS) is 15.6. The Morgan fingerprint density at radius 1 is 0.676 bits per heavy atom. The molecule has 0 spiro atoms. The van der Waals surface area contributed by atoms with Crippen molar-refractivity contribution in [2.75, 3.05) is 26.2 Å². The summed E-state index contributed by atoms with van der Waals surface area (Å²) >= 11 is 6.13. The maximum atomic E-state index is 10.4. The molecule has 4 heteroatoms. The van der Waals surface area contributed by atoms with E-state index in [1.165, 1.54) is 22.3 Å². The summed E-state index contributed by atoms with van der Waals surface area (Å²) < 4.78 is 0. The summed E-state index contributed by atoms with van der Waals surface area (Å²) in [6.45, 7) is 3.10. The maximum absolute atomic E-state index is 10.4. The molecule has 0 saturated carbocycles. The van der Waals surface area contributed by atoms with E-state index in [0.29, 0.717) is 0 Å². The van der Waals surface area contributed by atoms with Crippen LogP contribution in [0.1, 0.15) is 41.5 Å². The highest BCUT2D eigenvalue weighted by Gasteiger charge is 2.39. The number of nitrogens with zero attached hydrogens (tertiary/aromatic N) is 1. The van der Waals surface area contributed by atoms with E-state index in [4.69, 9.17) is 11.6 Å². The molecule has 0 aliphatic carbocycles. The van der Waals surface area contributed by atoms with Gasteiger partial charge in [-0.1, -0.05) is 115 Å². The lowest BCUT2D eigenvalue weighted by Crippen LogP contribution is -2.46. The van der Waals surface area contributed by atoms with Gasteiger partial charge in [-0.05, 0) is 73.3 Å². The standard InChI is InChI=1S/C33H34ClNO.ClH/c34-31-18-16-27(17-19-31)32(26-36)20-23-35(24-21-32)25-22-33(28-10-4-1-5-11-28,29-12-6-2-7-13-29)30-14-8-3-9-15-30;/h1-19,36H,20-26H2;1H. The number of hydrogen-bond donors (Lipinski definition) is 1. The first-order valence-corrected chi connectivity index (χ1v) is 13.3. The van der Waals surface area contributed by atoms with Crippen LogP contribution in [0.3, 0.4) is 0 Å². The summed E-state index contributed by atoms with van der Waals surface area (Å²) in [6, 6.07) is 40.9. The molecule has 0 bridgehead atoms. The van der Waals surface area contributed by atoms with Crippen LogP contribution >= 0.6 is 24.0 Å². The van der Waals surface area contributed by atoms with Gasteiger partial charge < -0.3 is 10.0 Å². The van der Waals surface area contributed by atoms with E-state index in [0.717, 1.165) is 43.9 Å². The summed E-state index contributed by atoms with van der Waals surface area (Å²) in [4.78, 5) is 2.58. The van der Waals surface area contributed by atoms with Crippen molar-refractivity contribution in [1.82, 2.24) is 4.90 Å². The Hall–Kier alpha value is -2.62. The van der Waals surface area contributed by atoms with Crippen molar-refractivity contribution in [3.63, 3.8) is 0 Å². The van der Waals surface area contributed by atoms with E-state index in [1.807, 2.05) is 12.1 Å². The fourth-order valence-electron chi connectivity index (χ4n) is 5.97. The lowest BCUT2D eigenvalue weighted by Gasteiger charge is -2.43. The highest BCUT2D eigenvalue weighted by Crippen LogP contribution is 2.43. The van der Waals surface area contributed by atoms with Gasteiger partial charge in [0.15, 0.2) is 0 Å². The Labute approximate surface area is 232 Å². The number of rotatable bonds is 8. The zero-order valence-corrected chi connectivity index (χ0v) is 22.7. The quantitative estimate of drug-likeness (QED) is 0.238. The van der Waals surface area contributed by atoms with Crippen LogP contribution in [0.5, 0.6) is 0 Å². The van der Waals surface area contributed by atoms with Crippen molar-refractivity contribution in [3.05, 3.63) is 143 Å². The second kappa shape index (κ2) is 12.3. The Morgan fingerprint density at radius 2 is 1.11 bits per heavy atom. The number of aliphatic hydroxyl groups is 1. The van der Waals surface area contributed by atoms with Gasteiger partial charge in [0.2, 0.25) is 0 Å². The average molecular weight is 533 g/mol. The van der Waals surface area contributed by atoms with Gasteiger partial charge in [0.1, 0.15) is 0 Å². The van der Waals surface area contributed by atoms with Crippen molar-refractivity contribution < 1.29 is 5.11 Å². The van der Waals surface area contributed by atoms with Gasteiger partial charge >= 0.3 is 0 Å². The number of aliphatic hydroxyl groups excluding tert-OH is 1. The lowest BCUT2D eigenvalue weighted by atomic mass is 9.67. The van der Waals surface area contributed by atoms with E-state index >= 15 is 0 Å². The molecule has 4 aromatic carbocycles. The molecular formula is C33H35Cl2NO. The molecule has 1 saturated heterocycles. The molecule has 1 heterocycles. The number of likely N-dealkylation sites (tertiary alicyclic amines) is 1. The van der Waals surface area contributed by atoms with Crippen LogP contribution in [0.4, 0.5) is 0 Å². The Balaban J connectivity index is 0.00000320. The monoisotopic (exact) mass is 531 g/mol. The van der Waals surface area contributed by atoms with E-state index < -0.39 is 0 Å². The third-order valence-electron chi connectivity index (χ3n) is 8.18. The first-order valence-electron chi connectivity index (χ1n) is 12.9. The molecule has 1 aliphatic heterocycles. The topological polar surface area (TPSA) is 23.5 Å². The predicted octanol–water partition coefficient (Wildman–Crippen LogP) is 7.51. The minimum Gasteiger partial charge on any atom is -0.395 e. The fourth-order valence-corrected chi connectivity index (χ4v) is 6.10. The van der Waals surface area contributed by atoms with Gasteiger partial charge in [-0.25, -0.2) is 0 Å². The Morgan fingerprint density at radius 3 is 1.51 bits per heavy atom. The van der Waals surface area contributed by atoms with Crippen LogP contribution in [0.25, 0.3) is 0 Å². The summed E-state index contributed by atoms with van der Waals surface area (Å²) in [6.07, 6.45) is 2.87. The second-order valence-electron chi connectivity index (χ2n) is 10.0. The first-order chi connectivity index (χ1) is 17.7. The summed E-state index contributed by atoms with van der Waals surface area (Å²) in [5, 5.41) is 11.1. The third-order valence-corrected chi connectivity index (χ3v) is 8.43. The van der Waals surface area contributed by atoms with Crippen LogP contribution in [-0.2, 0) is 10.8 Å². The van der Waals surface area contributed by atoms with Gasteiger partial charge in [-0.15, -0.1) is 12.4 Å². The molecule has 0 aromatic heterocycles. The fraction of sp³-hybridized carbons (Fsp3) is 0.273. The second-order valence-corrected chi connectivity index (χ2v) is 10.5. The van der Waals surface area contributed by atoms with E-state index in [-0.39, 0.29) is 29.8 Å². The predicted molar refractivity (Wildman–Crippen MR) is 157 cm³/mol. The molecule has 1 fully saturated rings. The molecule has 0 amide bonds. The van der Waals surface area contributed by atoms with Gasteiger partial charge in [0.25, 0.3) is 0 Å². The van der Waals surface area contributed by atoms with Crippen LogP contribution < -0.4 is 0 Å². The van der Waals surface area contributed by atoms with Crippen LogP contribution in [0.2, 0.25) is 5.02 Å². The summed E-state index contributed by atoms with van der Waals surface area (Å²) in [5.74, 6) is 0. The third kappa shape index (κ3) is 5.63. The van der Waals surface area contributed by atoms with Gasteiger partial charge in [0.05, 0.1) is 6.61 Å². The summed E-state index contributed by atoms with van der Waals surface area (Å²) in [5.41, 5.74) is 4.75. The Kier molecular flexibility index (Phi) is 9.10. The van der Waals surface area contributed by atoms with Crippen molar-refractivity contribution in [2.45, 2.75) is 30.1 Å². The van der Waals surface area contributed by atoms with Crippen LogP contribution in [0.15, 0.2) is 115 Å². The summed E-state index contributed by atoms with van der Waals surface area (Å²) in [7, 11) is 0. The SMILES string of the molecule is Cl.OCC1(c2ccc(Cl)cc2)CCN(CCC(c2ccccc2)(c2ccccc2)c2ccccc2)CC1. The Bertz CT molecular complexity index is 1130. The molecule has 2 nitrogen and oxygen atoms in total. The van der Waals surface area contributed by atoms with Crippen LogP contribution in [-0.4, -0.2) is 36.2 Å². The molecule has 0 radical (unpaired) electrons. The largest absolute Gasteiger partial charge is 0.395 e. The molecular weight excluding hydrogens is 497 g/mol. The maximum Gasteiger partial charge on any atom is 0.0528 e. The molecule has 1 aliphatic rings. The minimum atomic E-state index is -0.231. The number of benzene rings is 4. The average Bonchev–Trinajstić information content (AvgIpc) is 2.96. The highest BCUT2D eigenvalue weighted by molar-refractivity contribution is 6.30. The first kappa shape index (κ1) is 27.4. The molecule has 5 rings (SSSR count). The van der Waals surface area contributed by atoms with Crippen molar-refractivity contribution in [3.8, 4) is 0 Å². The highest BCUT2D eigenvalue weighted by atomic mass is 35.5. The van der Waals surface area contributed by atoms with E-state index in [2.05, 4.69) is 108 Å². The van der Waals surface area contributed by atoms with Crippen molar-refractivity contribution in [1.29, 1.82) is 0 Å². The zero-order valence-electron chi connectivity index (χ0n) is 21.1. The zero-order chi connectivity index (χ0) is 24.8. The van der Waals surface area contributed by atoms with Gasteiger partial charge in [-0.3, -0.25) is 0 Å². The van der Waals surface area contributed by atoms with Crippen molar-refractivity contribution in [2.24, 2.45) is 0 Å². The number of piperidine rings is 1. The smallest absolute Gasteiger partial charge is 0.0528 e. The molecule has 192 valence electrons. The van der Waals surface area contributed by atoms with E-state index in [9.17, 15) is 5.11 Å². The van der Waals surface area contributed by atoms with E-state index in [1.54, 1.807) is 0 Å². The molecule has 4 aromatic rings. The molecule has 0 atom stereocenters. The number of halogens is 2. The lowest BCUT2D eigenvalue weighted by molar-refractivity contribution is 0.0983. The molecule has 37 heavy (non-hydrogen) atoms. The molecule has 1 N–H and O–H groups in total. The van der Waals surface area contributed by atoms with Gasteiger partial charge in [-0.2, -0.15) is 0 Å².